The molecule has 0 bridgehead atoms. The first kappa shape index (κ1) is 21.4. The van der Waals surface area contributed by atoms with Gasteiger partial charge < -0.3 is 18.9 Å². The summed E-state index contributed by atoms with van der Waals surface area (Å²) in [4.78, 5) is 22.0. The Kier molecular flexibility index (Phi) is 6.19. The summed E-state index contributed by atoms with van der Waals surface area (Å²) >= 11 is 0. The Hall–Kier alpha value is -3.49. The predicted molar refractivity (Wildman–Crippen MR) is 121 cm³/mol. The summed E-state index contributed by atoms with van der Waals surface area (Å²) < 4.78 is 10.5. The highest BCUT2D eigenvalue weighted by atomic mass is 16.5. The maximum atomic E-state index is 13.8. The number of carbonyl (C=O) groups is 1. The van der Waals surface area contributed by atoms with Gasteiger partial charge in [0.1, 0.15) is 5.58 Å². The molecule has 8 heteroatoms. The van der Waals surface area contributed by atoms with Gasteiger partial charge in [-0.05, 0) is 29.7 Å². The fourth-order valence-electron chi connectivity index (χ4n) is 4.54. The molecule has 0 saturated carbocycles. The van der Waals surface area contributed by atoms with Crippen LogP contribution in [0.5, 0.6) is 0 Å². The SMILES string of the molecule is O=C(Cc1cccc2occc12)N(Cc1ncon1)[C@H](CN1CC[C@H](O)C1)c1ccccc1. The lowest BCUT2D eigenvalue weighted by Gasteiger charge is -2.34. The molecule has 0 radical (unpaired) electrons. The quantitative estimate of drug-likeness (QED) is 0.444. The number of likely N-dealkylation sites (tertiary alicyclic amines) is 1. The molecule has 2 aromatic carbocycles. The van der Waals surface area contributed by atoms with E-state index >= 15 is 0 Å². The van der Waals surface area contributed by atoms with Gasteiger partial charge in [-0.15, -0.1) is 0 Å². The minimum Gasteiger partial charge on any atom is -0.464 e. The number of nitrogens with zero attached hydrogens (tertiary/aromatic N) is 4. The highest BCUT2D eigenvalue weighted by molar-refractivity contribution is 5.87. The smallest absolute Gasteiger partial charge is 0.227 e. The third kappa shape index (κ3) is 4.81. The van der Waals surface area contributed by atoms with Crippen LogP contribution in [0.1, 0.15) is 29.4 Å². The van der Waals surface area contributed by atoms with Crippen molar-refractivity contribution in [2.45, 2.75) is 31.5 Å². The lowest BCUT2D eigenvalue weighted by atomic mass is 10.0. The Morgan fingerprint density at radius 1 is 1.18 bits per heavy atom. The van der Waals surface area contributed by atoms with Crippen molar-refractivity contribution in [3.05, 3.63) is 84.2 Å². The molecule has 2 aromatic heterocycles. The number of benzene rings is 2. The highest BCUT2D eigenvalue weighted by Gasteiger charge is 2.31. The second kappa shape index (κ2) is 9.56. The van der Waals surface area contributed by atoms with Gasteiger partial charge in [0.2, 0.25) is 12.3 Å². The van der Waals surface area contributed by atoms with E-state index in [1.807, 2.05) is 59.5 Å². The zero-order chi connectivity index (χ0) is 22.6. The largest absolute Gasteiger partial charge is 0.464 e. The van der Waals surface area contributed by atoms with E-state index in [1.165, 1.54) is 6.39 Å². The van der Waals surface area contributed by atoms with Gasteiger partial charge in [-0.3, -0.25) is 9.69 Å². The predicted octanol–water partition coefficient (Wildman–Crippen LogP) is 3.20. The van der Waals surface area contributed by atoms with E-state index in [9.17, 15) is 9.90 Å². The molecule has 1 fully saturated rings. The Bertz CT molecular complexity index is 1190. The van der Waals surface area contributed by atoms with Crippen molar-refractivity contribution in [2.75, 3.05) is 19.6 Å². The highest BCUT2D eigenvalue weighted by Crippen LogP contribution is 2.28. The number of aromatic nitrogens is 2. The van der Waals surface area contributed by atoms with E-state index in [0.29, 0.717) is 18.9 Å². The number of amides is 1. The van der Waals surface area contributed by atoms with Crippen molar-refractivity contribution in [1.82, 2.24) is 19.9 Å². The van der Waals surface area contributed by atoms with Crippen LogP contribution in [0.4, 0.5) is 0 Å². The number of fused-ring (bicyclic) bond motifs is 1. The van der Waals surface area contributed by atoms with Crippen LogP contribution in [0.25, 0.3) is 11.0 Å². The van der Waals surface area contributed by atoms with E-state index < -0.39 is 0 Å². The molecule has 1 saturated heterocycles. The first-order chi connectivity index (χ1) is 16.2. The minimum absolute atomic E-state index is 0.0397. The number of aliphatic hydroxyl groups is 1. The van der Waals surface area contributed by atoms with E-state index in [-0.39, 0.29) is 31.0 Å². The number of hydrogen-bond acceptors (Lipinski definition) is 7. The van der Waals surface area contributed by atoms with E-state index in [1.54, 1.807) is 6.26 Å². The average Bonchev–Trinajstić information content (AvgIpc) is 3.59. The van der Waals surface area contributed by atoms with Crippen LogP contribution in [0.2, 0.25) is 0 Å². The molecule has 0 aliphatic carbocycles. The van der Waals surface area contributed by atoms with Crippen LogP contribution < -0.4 is 0 Å². The van der Waals surface area contributed by atoms with Crippen LogP contribution in [0.15, 0.2) is 76.2 Å². The number of hydrogen-bond donors (Lipinski definition) is 1. The van der Waals surface area contributed by atoms with Gasteiger partial charge in [0.05, 0.1) is 31.4 Å². The van der Waals surface area contributed by atoms with Crippen LogP contribution in [0, 0.1) is 0 Å². The van der Waals surface area contributed by atoms with Crippen LogP contribution in [0.3, 0.4) is 0 Å². The third-order valence-corrected chi connectivity index (χ3v) is 6.21. The second-order valence-electron chi connectivity index (χ2n) is 8.42. The Balaban J connectivity index is 1.48. The molecular weight excluding hydrogens is 420 g/mol. The molecule has 2 atom stereocenters. The standard InChI is InChI=1S/C25H26N4O4/c30-20-9-11-28(14-20)15-22(18-5-2-1-3-6-18)29(16-24-26-17-33-27-24)25(31)13-19-7-4-8-23-21(19)10-12-32-23/h1-8,10,12,17,20,22,30H,9,11,13-16H2/t20-,22+/m0/s1. The topological polar surface area (TPSA) is 95.8 Å². The number of rotatable bonds is 8. The maximum Gasteiger partial charge on any atom is 0.227 e. The van der Waals surface area contributed by atoms with Gasteiger partial charge in [0.15, 0.2) is 5.82 Å². The molecule has 170 valence electrons. The fourth-order valence-corrected chi connectivity index (χ4v) is 4.54. The molecule has 3 heterocycles. The van der Waals surface area contributed by atoms with Gasteiger partial charge in [-0.25, -0.2) is 0 Å². The molecule has 0 unspecified atom stereocenters. The zero-order valence-electron chi connectivity index (χ0n) is 18.2. The first-order valence-electron chi connectivity index (χ1n) is 11.1. The van der Waals surface area contributed by atoms with Crippen molar-refractivity contribution >= 4 is 16.9 Å². The van der Waals surface area contributed by atoms with Crippen molar-refractivity contribution in [3.8, 4) is 0 Å². The first-order valence-corrected chi connectivity index (χ1v) is 11.1. The normalized spacial score (nSPS) is 17.4. The second-order valence-corrected chi connectivity index (χ2v) is 8.42. The van der Waals surface area contributed by atoms with Gasteiger partial charge in [0, 0.05) is 25.0 Å². The minimum atomic E-state index is -0.332. The van der Waals surface area contributed by atoms with Gasteiger partial charge >= 0.3 is 0 Å². The van der Waals surface area contributed by atoms with E-state index in [0.717, 1.165) is 35.1 Å². The van der Waals surface area contributed by atoms with Crippen molar-refractivity contribution in [2.24, 2.45) is 0 Å². The summed E-state index contributed by atoms with van der Waals surface area (Å²) in [6.07, 6.45) is 3.55. The summed E-state index contributed by atoms with van der Waals surface area (Å²) in [6.45, 7) is 2.23. The molecule has 1 amide bonds. The zero-order valence-corrected chi connectivity index (χ0v) is 18.2. The fraction of sp³-hybridized carbons (Fsp3) is 0.320. The molecule has 5 rings (SSSR count). The summed E-state index contributed by atoms with van der Waals surface area (Å²) in [5.74, 6) is 0.411. The molecule has 8 nitrogen and oxygen atoms in total. The Morgan fingerprint density at radius 3 is 2.82 bits per heavy atom. The number of carbonyl (C=O) groups excluding carboxylic acids is 1. The van der Waals surface area contributed by atoms with E-state index in [4.69, 9.17) is 8.94 Å². The monoisotopic (exact) mass is 446 g/mol. The summed E-state index contributed by atoms with van der Waals surface area (Å²) in [7, 11) is 0. The molecule has 33 heavy (non-hydrogen) atoms. The third-order valence-electron chi connectivity index (χ3n) is 6.21. The molecule has 1 aliphatic heterocycles. The lowest BCUT2D eigenvalue weighted by molar-refractivity contribution is -0.134. The summed E-state index contributed by atoms with van der Waals surface area (Å²) in [5, 5.41) is 14.9. The number of aliphatic hydroxyl groups excluding tert-OH is 1. The van der Waals surface area contributed by atoms with Gasteiger partial charge in [-0.1, -0.05) is 47.6 Å². The average molecular weight is 447 g/mol. The lowest BCUT2D eigenvalue weighted by Crippen LogP contribution is -2.41. The molecular formula is C25H26N4O4. The maximum absolute atomic E-state index is 13.8. The Labute approximate surface area is 191 Å². The van der Waals surface area contributed by atoms with Crippen LogP contribution in [-0.4, -0.2) is 56.7 Å². The Morgan fingerprint density at radius 2 is 2.06 bits per heavy atom. The molecule has 1 aliphatic rings. The number of furan rings is 1. The van der Waals surface area contributed by atoms with Gasteiger partial charge in [-0.2, -0.15) is 4.98 Å². The van der Waals surface area contributed by atoms with Crippen LogP contribution in [-0.2, 0) is 17.8 Å². The van der Waals surface area contributed by atoms with Crippen molar-refractivity contribution in [3.63, 3.8) is 0 Å². The summed E-state index contributed by atoms with van der Waals surface area (Å²) in [5.41, 5.74) is 2.70. The van der Waals surface area contributed by atoms with Crippen molar-refractivity contribution in [1.29, 1.82) is 0 Å². The van der Waals surface area contributed by atoms with Crippen molar-refractivity contribution < 1.29 is 18.8 Å². The molecule has 4 aromatic rings. The number of β-amino-alcohol motifs (C(OH)–C–C–N with tert-alkyl or cyclic N) is 1. The van der Waals surface area contributed by atoms with Gasteiger partial charge in [0.25, 0.3) is 0 Å². The summed E-state index contributed by atoms with van der Waals surface area (Å²) in [6, 6.07) is 17.4. The van der Waals surface area contributed by atoms with E-state index in [2.05, 4.69) is 15.0 Å². The molecule has 1 N–H and O–H groups in total. The molecule has 0 spiro atoms. The van der Waals surface area contributed by atoms with Crippen LogP contribution >= 0.6 is 0 Å².